The van der Waals surface area contributed by atoms with E-state index in [1.165, 1.54) is 0 Å². The van der Waals surface area contributed by atoms with Gasteiger partial charge < -0.3 is 20.1 Å². The third kappa shape index (κ3) is 8.68. The van der Waals surface area contributed by atoms with Gasteiger partial charge in [-0.1, -0.05) is 20.8 Å². The van der Waals surface area contributed by atoms with Crippen molar-refractivity contribution < 1.29 is 14.6 Å². The molecule has 1 rings (SSSR count). The number of amides is 1. The average Bonchev–Trinajstić information content (AvgIpc) is 2.41. The second-order valence-corrected chi connectivity index (χ2v) is 8.81. The van der Waals surface area contributed by atoms with Gasteiger partial charge in [-0.2, -0.15) is 0 Å². The van der Waals surface area contributed by atoms with Crippen molar-refractivity contribution in [2.24, 2.45) is 11.3 Å². The smallest absolute Gasteiger partial charge is 0.225 e. The summed E-state index contributed by atoms with van der Waals surface area (Å²) in [6.07, 6.45) is 1.79. The first-order valence-electron chi connectivity index (χ1n) is 8.80. The molecule has 5 heteroatoms. The molecule has 23 heavy (non-hydrogen) atoms. The number of carbonyl (C=O) groups excluding carboxylic acids is 1. The molecule has 1 heterocycles. The maximum atomic E-state index is 12.0. The van der Waals surface area contributed by atoms with Crippen molar-refractivity contribution in [2.75, 3.05) is 32.8 Å². The summed E-state index contributed by atoms with van der Waals surface area (Å²) in [6, 6.07) is 0. The van der Waals surface area contributed by atoms with Crippen LogP contribution in [-0.4, -0.2) is 60.4 Å². The fourth-order valence-electron chi connectivity index (χ4n) is 2.68. The van der Waals surface area contributed by atoms with Crippen LogP contribution >= 0.6 is 0 Å². The molecule has 0 spiro atoms. The molecule has 0 bridgehead atoms. The van der Waals surface area contributed by atoms with Crippen LogP contribution in [0.3, 0.4) is 0 Å². The number of rotatable bonds is 6. The molecule has 2 atom stereocenters. The Kier molecular flexibility index (Phi) is 7.49. The summed E-state index contributed by atoms with van der Waals surface area (Å²) in [5.74, 6) is 0.569. The van der Waals surface area contributed by atoms with Gasteiger partial charge in [-0.25, -0.2) is 0 Å². The fraction of sp³-hybridized carbons (Fsp3) is 0.944. The SMILES string of the molecule is CC(C)(C)OCC(O)CN1CCCC(CNC(=O)C(C)(C)C)C1. The van der Waals surface area contributed by atoms with E-state index >= 15 is 0 Å². The van der Waals surface area contributed by atoms with E-state index in [2.05, 4.69) is 10.2 Å². The Hall–Kier alpha value is -0.650. The van der Waals surface area contributed by atoms with Crippen LogP contribution in [0.4, 0.5) is 0 Å². The molecular weight excluding hydrogens is 292 g/mol. The molecule has 0 aromatic carbocycles. The zero-order valence-electron chi connectivity index (χ0n) is 15.8. The normalized spacial score (nSPS) is 22.0. The Morgan fingerprint density at radius 1 is 1.30 bits per heavy atom. The molecule has 0 aromatic heterocycles. The first-order valence-corrected chi connectivity index (χ1v) is 8.80. The number of nitrogens with one attached hydrogen (secondary N) is 1. The number of aliphatic hydroxyl groups excluding tert-OH is 1. The van der Waals surface area contributed by atoms with E-state index in [1.807, 2.05) is 41.5 Å². The lowest BCUT2D eigenvalue weighted by atomic mass is 9.94. The summed E-state index contributed by atoms with van der Waals surface area (Å²) < 4.78 is 5.64. The largest absolute Gasteiger partial charge is 0.389 e. The molecule has 5 nitrogen and oxygen atoms in total. The van der Waals surface area contributed by atoms with Crippen LogP contribution in [0.15, 0.2) is 0 Å². The van der Waals surface area contributed by atoms with Gasteiger partial charge in [0, 0.05) is 25.0 Å². The lowest BCUT2D eigenvalue weighted by molar-refractivity contribution is -0.128. The molecular formula is C18H36N2O3. The van der Waals surface area contributed by atoms with E-state index in [4.69, 9.17) is 4.74 Å². The monoisotopic (exact) mass is 328 g/mol. The number of likely N-dealkylation sites (tertiary alicyclic amines) is 1. The minimum absolute atomic E-state index is 0.105. The van der Waals surface area contributed by atoms with Crippen molar-refractivity contribution >= 4 is 5.91 Å². The summed E-state index contributed by atoms with van der Waals surface area (Å²) in [5.41, 5.74) is -0.558. The van der Waals surface area contributed by atoms with Gasteiger partial charge in [0.2, 0.25) is 5.91 Å². The molecule has 0 saturated carbocycles. The first-order chi connectivity index (χ1) is 10.5. The number of ether oxygens (including phenoxy) is 1. The van der Waals surface area contributed by atoms with Crippen molar-refractivity contribution in [1.29, 1.82) is 0 Å². The zero-order valence-corrected chi connectivity index (χ0v) is 15.8. The van der Waals surface area contributed by atoms with Crippen LogP contribution in [-0.2, 0) is 9.53 Å². The minimum Gasteiger partial charge on any atom is -0.389 e. The molecule has 2 N–H and O–H groups in total. The van der Waals surface area contributed by atoms with Gasteiger partial charge in [-0.15, -0.1) is 0 Å². The average molecular weight is 328 g/mol. The topological polar surface area (TPSA) is 61.8 Å². The van der Waals surface area contributed by atoms with Gasteiger partial charge in [0.05, 0.1) is 18.3 Å². The van der Waals surface area contributed by atoms with E-state index in [1.54, 1.807) is 0 Å². The van der Waals surface area contributed by atoms with Crippen LogP contribution in [0.25, 0.3) is 0 Å². The van der Waals surface area contributed by atoms with E-state index in [-0.39, 0.29) is 16.9 Å². The van der Waals surface area contributed by atoms with E-state index in [9.17, 15) is 9.90 Å². The number of aliphatic hydroxyl groups is 1. The number of hydrogen-bond acceptors (Lipinski definition) is 4. The van der Waals surface area contributed by atoms with Crippen molar-refractivity contribution in [2.45, 2.75) is 66.1 Å². The number of piperidine rings is 1. The number of carbonyl (C=O) groups is 1. The lowest BCUT2D eigenvalue weighted by Gasteiger charge is -2.34. The van der Waals surface area contributed by atoms with Crippen molar-refractivity contribution in [3.05, 3.63) is 0 Å². The highest BCUT2D eigenvalue weighted by Gasteiger charge is 2.25. The highest BCUT2D eigenvalue weighted by atomic mass is 16.5. The van der Waals surface area contributed by atoms with E-state index in [0.717, 1.165) is 32.5 Å². The van der Waals surface area contributed by atoms with Crippen LogP contribution in [0.5, 0.6) is 0 Å². The van der Waals surface area contributed by atoms with Crippen LogP contribution in [0.1, 0.15) is 54.4 Å². The highest BCUT2D eigenvalue weighted by Crippen LogP contribution is 2.18. The highest BCUT2D eigenvalue weighted by molar-refractivity contribution is 5.81. The van der Waals surface area contributed by atoms with Crippen LogP contribution in [0.2, 0.25) is 0 Å². The van der Waals surface area contributed by atoms with Crippen molar-refractivity contribution in [3.8, 4) is 0 Å². The molecule has 2 unspecified atom stereocenters. The Bertz CT molecular complexity index is 371. The minimum atomic E-state index is -0.461. The Morgan fingerprint density at radius 2 is 1.96 bits per heavy atom. The second-order valence-electron chi connectivity index (χ2n) is 8.81. The molecule has 1 amide bonds. The van der Waals surface area contributed by atoms with Gasteiger partial charge in [-0.3, -0.25) is 4.79 Å². The molecule has 0 radical (unpaired) electrons. The Labute approximate surface area is 141 Å². The summed E-state index contributed by atoms with van der Waals surface area (Å²) in [5, 5.41) is 13.2. The molecule has 1 fully saturated rings. The maximum Gasteiger partial charge on any atom is 0.225 e. The fourth-order valence-corrected chi connectivity index (χ4v) is 2.68. The second kappa shape index (κ2) is 8.45. The molecule has 1 aliphatic rings. The van der Waals surface area contributed by atoms with Gasteiger partial charge in [0.15, 0.2) is 0 Å². The van der Waals surface area contributed by atoms with Crippen molar-refractivity contribution in [3.63, 3.8) is 0 Å². The van der Waals surface area contributed by atoms with E-state index in [0.29, 0.717) is 19.1 Å². The number of nitrogens with zero attached hydrogens (tertiary/aromatic N) is 1. The molecule has 0 aromatic rings. The molecule has 0 aliphatic carbocycles. The summed E-state index contributed by atoms with van der Waals surface area (Å²) in [4.78, 5) is 14.3. The van der Waals surface area contributed by atoms with Crippen LogP contribution in [0, 0.1) is 11.3 Å². The standard InChI is InChI=1S/C18H36N2O3/c1-17(2,3)16(22)19-10-14-8-7-9-20(11-14)12-15(21)13-23-18(4,5)6/h14-15,21H,7-13H2,1-6H3,(H,19,22). The van der Waals surface area contributed by atoms with Gasteiger partial charge in [0.1, 0.15) is 0 Å². The van der Waals surface area contributed by atoms with Crippen molar-refractivity contribution in [1.82, 2.24) is 10.2 Å². The van der Waals surface area contributed by atoms with Gasteiger partial charge >= 0.3 is 0 Å². The van der Waals surface area contributed by atoms with Crippen LogP contribution < -0.4 is 5.32 Å². The van der Waals surface area contributed by atoms with Gasteiger partial charge in [-0.05, 0) is 46.1 Å². The predicted molar refractivity (Wildman–Crippen MR) is 93.3 cm³/mol. The zero-order chi connectivity index (χ0) is 17.7. The third-order valence-electron chi connectivity index (χ3n) is 4.01. The summed E-state index contributed by atoms with van der Waals surface area (Å²) in [6.45, 7) is 15.4. The first kappa shape index (κ1) is 20.4. The molecule has 1 aliphatic heterocycles. The van der Waals surface area contributed by atoms with E-state index < -0.39 is 6.10 Å². The predicted octanol–water partition coefficient (Wildman–Crippen LogP) is 2.04. The summed E-state index contributed by atoms with van der Waals surface area (Å²) >= 11 is 0. The third-order valence-corrected chi connectivity index (χ3v) is 4.01. The molecule has 136 valence electrons. The number of β-amino-alcohol motifs (C(OH)–C–C–N with tert-alkyl or cyclic N) is 1. The maximum absolute atomic E-state index is 12.0. The van der Waals surface area contributed by atoms with Gasteiger partial charge in [0.25, 0.3) is 0 Å². The Morgan fingerprint density at radius 3 is 2.52 bits per heavy atom. The summed E-state index contributed by atoms with van der Waals surface area (Å²) in [7, 11) is 0. The quantitative estimate of drug-likeness (QED) is 0.783. The number of hydrogen-bond donors (Lipinski definition) is 2. The Balaban J connectivity index is 2.33. The lowest BCUT2D eigenvalue weighted by Crippen LogP contribution is -2.46. The molecule has 1 saturated heterocycles.